The van der Waals surface area contributed by atoms with E-state index in [1.807, 2.05) is 43.0 Å². The minimum absolute atomic E-state index is 0.162. The third-order valence-corrected chi connectivity index (χ3v) is 5.03. The Labute approximate surface area is 191 Å². The minimum atomic E-state index is -0.432. The summed E-state index contributed by atoms with van der Waals surface area (Å²) in [7, 11) is 0. The van der Waals surface area contributed by atoms with Gasteiger partial charge in [-0.05, 0) is 44.2 Å². The zero-order valence-corrected chi connectivity index (χ0v) is 18.5. The Bertz CT molecular complexity index is 1120. The number of aromatic nitrogens is 2. The highest BCUT2D eigenvalue weighted by atomic mass is 16.3. The van der Waals surface area contributed by atoms with E-state index in [2.05, 4.69) is 25.6 Å². The second-order valence-electron chi connectivity index (χ2n) is 7.59. The predicted octanol–water partition coefficient (Wildman–Crippen LogP) is 2.95. The van der Waals surface area contributed by atoms with Crippen LogP contribution in [0.2, 0.25) is 0 Å². The number of piperazine rings is 1. The van der Waals surface area contributed by atoms with Gasteiger partial charge < -0.3 is 19.5 Å². The summed E-state index contributed by atoms with van der Waals surface area (Å²) >= 11 is 0. The first kappa shape index (κ1) is 22.0. The van der Waals surface area contributed by atoms with E-state index in [0.717, 1.165) is 11.4 Å². The van der Waals surface area contributed by atoms with Crippen molar-refractivity contribution in [1.29, 1.82) is 0 Å². The van der Waals surface area contributed by atoms with Crippen LogP contribution in [0.5, 0.6) is 0 Å². The fraction of sp³-hybridized carbons (Fsp3) is 0.261. The molecule has 3 aromatic rings. The molecule has 0 spiro atoms. The lowest BCUT2D eigenvalue weighted by atomic mass is 10.3. The molecule has 3 heterocycles. The number of hydrogen-bond donors (Lipinski definition) is 2. The molecule has 1 aliphatic rings. The van der Waals surface area contributed by atoms with E-state index < -0.39 is 6.03 Å². The van der Waals surface area contributed by atoms with Gasteiger partial charge >= 0.3 is 6.03 Å². The standard InChI is InChI=1S/C23H25N7O3/c1-16-15-17(2)25-21(24-16)27-22(28-23(32)26-18-7-4-3-5-8-18)30-12-10-29(11-13-30)20(31)19-9-6-14-33-19/h3-9,14-15H,10-13H2,1-2H3,(H2,24,25,26,27,28,32). The maximum absolute atomic E-state index is 12.7. The highest BCUT2D eigenvalue weighted by Gasteiger charge is 2.26. The Morgan fingerprint density at radius 2 is 1.61 bits per heavy atom. The van der Waals surface area contributed by atoms with Crippen LogP contribution in [0.4, 0.5) is 16.4 Å². The van der Waals surface area contributed by atoms with Gasteiger partial charge in [-0.1, -0.05) is 18.2 Å². The van der Waals surface area contributed by atoms with Gasteiger partial charge in [0.05, 0.1) is 6.26 Å². The molecule has 2 N–H and O–H groups in total. The van der Waals surface area contributed by atoms with Gasteiger partial charge in [-0.25, -0.2) is 14.8 Å². The number of rotatable bonds is 3. The summed E-state index contributed by atoms with van der Waals surface area (Å²) in [5, 5.41) is 5.61. The summed E-state index contributed by atoms with van der Waals surface area (Å²) in [6.45, 7) is 5.58. The highest BCUT2D eigenvalue weighted by Crippen LogP contribution is 2.13. The van der Waals surface area contributed by atoms with Crippen molar-refractivity contribution in [3.63, 3.8) is 0 Å². The first-order chi connectivity index (χ1) is 16.0. The second-order valence-corrected chi connectivity index (χ2v) is 7.59. The van der Waals surface area contributed by atoms with E-state index in [1.165, 1.54) is 6.26 Å². The largest absolute Gasteiger partial charge is 0.459 e. The zero-order valence-electron chi connectivity index (χ0n) is 18.5. The monoisotopic (exact) mass is 447 g/mol. The Morgan fingerprint density at radius 1 is 0.939 bits per heavy atom. The van der Waals surface area contributed by atoms with Gasteiger partial charge in [0.1, 0.15) is 0 Å². The number of urea groups is 1. The van der Waals surface area contributed by atoms with Gasteiger partial charge in [0, 0.05) is 43.3 Å². The molecule has 4 rings (SSSR count). The van der Waals surface area contributed by atoms with E-state index in [9.17, 15) is 9.59 Å². The van der Waals surface area contributed by atoms with Crippen LogP contribution < -0.4 is 10.6 Å². The number of anilines is 1. The summed E-state index contributed by atoms with van der Waals surface area (Å²) in [5.41, 5.74) is 2.22. The summed E-state index contributed by atoms with van der Waals surface area (Å²) < 4.78 is 5.22. The van der Waals surface area contributed by atoms with Crippen LogP contribution in [0, 0.1) is 13.8 Å². The van der Waals surface area contributed by atoms with Gasteiger partial charge in [-0.2, -0.15) is 4.99 Å². The van der Waals surface area contributed by atoms with Gasteiger partial charge in [0.25, 0.3) is 11.9 Å². The van der Waals surface area contributed by atoms with Gasteiger partial charge in [-0.3, -0.25) is 10.1 Å². The Hall–Kier alpha value is -4.21. The maximum atomic E-state index is 12.7. The molecule has 170 valence electrons. The maximum Gasteiger partial charge on any atom is 0.326 e. The first-order valence-electron chi connectivity index (χ1n) is 10.6. The number of guanidine groups is 1. The van der Waals surface area contributed by atoms with Crippen molar-refractivity contribution in [3.8, 4) is 0 Å². The SMILES string of the molecule is Cc1cc(C)nc(/N=C(\NC(=O)Nc2ccccc2)N2CCN(C(=O)c3ccco3)CC2)n1. The molecule has 0 saturated carbocycles. The normalized spacial score (nSPS) is 14.2. The molecule has 0 aliphatic carbocycles. The number of carbonyl (C=O) groups is 2. The molecule has 1 aliphatic heterocycles. The number of nitrogens with one attached hydrogen (secondary N) is 2. The molecule has 0 bridgehead atoms. The number of para-hydroxylation sites is 1. The van der Waals surface area contributed by atoms with E-state index in [4.69, 9.17) is 4.42 Å². The number of aryl methyl sites for hydroxylation is 2. The van der Waals surface area contributed by atoms with Crippen molar-refractivity contribution in [1.82, 2.24) is 25.1 Å². The second kappa shape index (κ2) is 9.94. The molecule has 0 unspecified atom stereocenters. The van der Waals surface area contributed by atoms with E-state index >= 15 is 0 Å². The Balaban J connectivity index is 1.50. The average Bonchev–Trinajstić information content (AvgIpc) is 3.33. The van der Waals surface area contributed by atoms with E-state index in [0.29, 0.717) is 43.6 Å². The van der Waals surface area contributed by atoms with Crippen LogP contribution in [0.3, 0.4) is 0 Å². The first-order valence-corrected chi connectivity index (χ1v) is 10.6. The average molecular weight is 447 g/mol. The summed E-state index contributed by atoms with van der Waals surface area (Å²) in [6, 6.07) is 13.9. The van der Waals surface area contributed by atoms with Crippen LogP contribution in [-0.4, -0.2) is 63.8 Å². The summed E-state index contributed by atoms with van der Waals surface area (Å²) in [5.74, 6) is 0.724. The molecular weight excluding hydrogens is 422 g/mol. The molecule has 0 radical (unpaired) electrons. The number of nitrogens with zero attached hydrogens (tertiary/aromatic N) is 5. The smallest absolute Gasteiger partial charge is 0.326 e. The molecule has 3 amide bonds. The molecule has 10 nitrogen and oxygen atoms in total. The highest BCUT2D eigenvalue weighted by molar-refractivity contribution is 6.03. The van der Waals surface area contributed by atoms with Crippen molar-refractivity contribution in [2.45, 2.75) is 13.8 Å². The molecule has 1 fully saturated rings. The fourth-order valence-electron chi connectivity index (χ4n) is 3.49. The number of aliphatic imine (C=N–C) groups is 1. The lowest BCUT2D eigenvalue weighted by Gasteiger charge is -2.35. The molecule has 2 aromatic heterocycles. The topological polar surface area (TPSA) is 116 Å². The van der Waals surface area contributed by atoms with Crippen LogP contribution >= 0.6 is 0 Å². The number of hydrogen-bond acceptors (Lipinski definition) is 6. The molecule has 0 atom stereocenters. The molecular formula is C23H25N7O3. The number of carbonyl (C=O) groups excluding carboxylic acids is 2. The zero-order chi connectivity index (χ0) is 23.2. The van der Waals surface area contributed by atoms with Gasteiger partial charge in [-0.15, -0.1) is 0 Å². The van der Waals surface area contributed by atoms with Gasteiger partial charge in [0.2, 0.25) is 5.96 Å². The number of furan rings is 1. The van der Waals surface area contributed by atoms with Crippen molar-refractivity contribution < 1.29 is 14.0 Å². The van der Waals surface area contributed by atoms with Crippen LogP contribution in [0.1, 0.15) is 21.9 Å². The van der Waals surface area contributed by atoms with Crippen molar-refractivity contribution >= 4 is 29.5 Å². The van der Waals surface area contributed by atoms with E-state index in [1.54, 1.807) is 29.2 Å². The Kier molecular flexibility index (Phi) is 6.63. The van der Waals surface area contributed by atoms with Crippen LogP contribution in [-0.2, 0) is 0 Å². The van der Waals surface area contributed by atoms with Crippen molar-refractivity contribution in [2.75, 3.05) is 31.5 Å². The lowest BCUT2D eigenvalue weighted by Crippen LogP contribution is -2.55. The predicted molar refractivity (Wildman–Crippen MR) is 123 cm³/mol. The quantitative estimate of drug-likeness (QED) is 0.471. The van der Waals surface area contributed by atoms with E-state index in [-0.39, 0.29) is 11.9 Å². The minimum Gasteiger partial charge on any atom is -0.459 e. The summed E-state index contributed by atoms with van der Waals surface area (Å²) in [4.78, 5) is 42.1. The molecule has 33 heavy (non-hydrogen) atoms. The third-order valence-electron chi connectivity index (χ3n) is 5.03. The molecule has 1 aromatic carbocycles. The number of amides is 3. The fourth-order valence-corrected chi connectivity index (χ4v) is 3.49. The molecule has 10 heteroatoms. The lowest BCUT2D eigenvalue weighted by molar-refractivity contribution is 0.0658. The van der Waals surface area contributed by atoms with Crippen LogP contribution in [0.25, 0.3) is 0 Å². The molecule has 1 saturated heterocycles. The third kappa shape index (κ3) is 5.73. The van der Waals surface area contributed by atoms with Gasteiger partial charge in [0.15, 0.2) is 5.76 Å². The van der Waals surface area contributed by atoms with Crippen LogP contribution in [0.15, 0.2) is 64.2 Å². The van der Waals surface area contributed by atoms with Crippen molar-refractivity contribution in [2.24, 2.45) is 4.99 Å². The Morgan fingerprint density at radius 3 is 2.24 bits per heavy atom. The summed E-state index contributed by atoms with van der Waals surface area (Å²) in [6.07, 6.45) is 1.48. The van der Waals surface area contributed by atoms with Crippen molar-refractivity contribution in [3.05, 3.63) is 71.9 Å². The number of benzene rings is 1.